The van der Waals surface area contributed by atoms with Crippen LogP contribution in [0.25, 0.3) is 0 Å². The molecule has 0 fully saturated rings. The topological polar surface area (TPSA) is 49.4 Å². The molecule has 1 atom stereocenters. The minimum absolute atomic E-state index is 0.0509. The van der Waals surface area contributed by atoms with Crippen molar-refractivity contribution in [3.8, 4) is 0 Å². The molecule has 0 aliphatic heterocycles. The molecule has 2 amide bonds. The monoisotopic (exact) mass is 460 g/mol. The van der Waals surface area contributed by atoms with E-state index in [1.807, 2.05) is 43.3 Å². The zero-order valence-electron chi connectivity index (χ0n) is 18.9. The molecule has 168 valence electrons. The fourth-order valence-electron chi connectivity index (χ4n) is 3.26. The van der Waals surface area contributed by atoms with Gasteiger partial charge in [-0.2, -0.15) is 0 Å². The first-order valence-corrected chi connectivity index (χ1v) is 12.3. The second-order valence-electron chi connectivity index (χ2n) is 8.10. The zero-order valence-corrected chi connectivity index (χ0v) is 20.4. The van der Waals surface area contributed by atoms with Gasteiger partial charge in [0, 0.05) is 23.9 Å². The van der Waals surface area contributed by atoms with E-state index < -0.39 is 6.04 Å². The molecule has 2 aromatic carbocycles. The molecule has 0 aliphatic rings. The molecule has 0 radical (unpaired) electrons. The highest BCUT2D eigenvalue weighted by atomic mass is 35.5. The van der Waals surface area contributed by atoms with Gasteiger partial charge in [-0.05, 0) is 42.0 Å². The van der Waals surface area contributed by atoms with E-state index in [1.165, 1.54) is 11.1 Å². The summed E-state index contributed by atoms with van der Waals surface area (Å²) in [6, 6.07) is 15.1. The summed E-state index contributed by atoms with van der Waals surface area (Å²) in [6.07, 6.45) is 0.544. The number of nitrogens with one attached hydrogen (secondary N) is 1. The van der Waals surface area contributed by atoms with Crippen molar-refractivity contribution < 1.29 is 9.59 Å². The number of rotatable bonds is 11. The molecule has 1 N–H and O–H groups in total. The van der Waals surface area contributed by atoms with Gasteiger partial charge in [0.05, 0.1) is 5.75 Å². The fraction of sp³-hybridized carbons (Fsp3) is 0.440. The van der Waals surface area contributed by atoms with Crippen LogP contribution in [0.2, 0.25) is 5.02 Å². The SMILES string of the molecule is CC[C@@H](C(=O)NCC(C)C)N(Cc1ccccc1Cl)C(=O)CSCc1ccccc1C. The first-order chi connectivity index (χ1) is 14.8. The van der Waals surface area contributed by atoms with Crippen LogP contribution in [0.4, 0.5) is 0 Å². The number of hydrogen-bond acceptors (Lipinski definition) is 3. The zero-order chi connectivity index (χ0) is 22.8. The maximum Gasteiger partial charge on any atom is 0.242 e. The van der Waals surface area contributed by atoms with E-state index in [0.29, 0.717) is 36.2 Å². The van der Waals surface area contributed by atoms with E-state index in [4.69, 9.17) is 11.6 Å². The highest BCUT2D eigenvalue weighted by Gasteiger charge is 2.29. The first-order valence-electron chi connectivity index (χ1n) is 10.8. The molecule has 0 saturated carbocycles. The molecule has 2 aromatic rings. The second kappa shape index (κ2) is 12.8. The molecule has 0 aromatic heterocycles. The molecular weight excluding hydrogens is 428 g/mol. The number of benzene rings is 2. The van der Waals surface area contributed by atoms with Crippen molar-refractivity contribution in [1.82, 2.24) is 10.2 Å². The summed E-state index contributed by atoms with van der Waals surface area (Å²) in [4.78, 5) is 27.8. The summed E-state index contributed by atoms with van der Waals surface area (Å²) < 4.78 is 0. The normalized spacial score (nSPS) is 11.9. The maximum atomic E-state index is 13.3. The highest BCUT2D eigenvalue weighted by Crippen LogP contribution is 2.22. The molecule has 0 saturated heterocycles. The summed E-state index contributed by atoms with van der Waals surface area (Å²) in [6.45, 7) is 9.02. The van der Waals surface area contributed by atoms with Crippen molar-refractivity contribution >= 4 is 35.2 Å². The van der Waals surface area contributed by atoms with Gasteiger partial charge in [0.1, 0.15) is 6.04 Å². The van der Waals surface area contributed by atoms with Gasteiger partial charge in [0.25, 0.3) is 0 Å². The van der Waals surface area contributed by atoms with E-state index in [2.05, 4.69) is 38.2 Å². The minimum Gasteiger partial charge on any atom is -0.354 e. The summed E-state index contributed by atoms with van der Waals surface area (Å²) >= 11 is 7.93. The molecule has 0 unspecified atom stereocenters. The Morgan fingerprint density at radius 1 is 1.06 bits per heavy atom. The van der Waals surface area contributed by atoms with Crippen molar-refractivity contribution in [2.45, 2.75) is 52.5 Å². The maximum absolute atomic E-state index is 13.3. The number of amides is 2. The standard InChI is InChI=1S/C25H33ClN2O2S/c1-5-23(25(30)27-14-18(2)3)28(15-20-11-8-9-13-22(20)26)24(29)17-31-16-21-12-7-6-10-19(21)4/h6-13,18,23H,5,14-17H2,1-4H3,(H,27,30)/t23-/m0/s1. The predicted octanol–water partition coefficient (Wildman–Crippen LogP) is 5.46. The molecule has 31 heavy (non-hydrogen) atoms. The number of hydrogen-bond donors (Lipinski definition) is 1. The lowest BCUT2D eigenvalue weighted by atomic mass is 10.1. The molecule has 4 nitrogen and oxygen atoms in total. The van der Waals surface area contributed by atoms with Crippen LogP contribution in [0.1, 0.15) is 43.9 Å². The van der Waals surface area contributed by atoms with Gasteiger partial charge in [-0.3, -0.25) is 9.59 Å². The molecule has 2 rings (SSSR count). The average molecular weight is 461 g/mol. The quantitative estimate of drug-likeness (QED) is 0.484. The Morgan fingerprint density at radius 2 is 1.71 bits per heavy atom. The van der Waals surface area contributed by atoms with Crippen molar-refractivity contribution in [2.75, 3.05) is 12.3 Å². The largest absolute Gasteiger partial charge is 0.354 e. The lowest BCUT2D eigenvalue weighted by Gasteiger charge is -2.31. The van der Waals surface area contributed by atoms with Gasteiger partial charge < -0.3 is 10.2 Å². The van der Waals surface area contributed by atoms with Gasteiger partial charge in [-0.1, -0.05) is 74.8 Å². The van der Waals surface area contributed by atoms with Gasteiger partial charge in [0.2, 0.25) is 11.8 Å². The van der Waals surface area contributed by atoms with Crippen molar-refractivity contribution in [3.05, 3.63) is 70.2 Å². The lowest BCUT2D eigenvalue weighted by molar-refractivity contribution is -0.139. The van der Waals surface area contributed by atoms with Crippen LogP contribution < -0.4 is 5.32 Å². The van der Waals surface area contributed by atoms with Gasteiger partial charge in [-0.25, -0.2) is 0 Å². The molecular formula is C25H33ClN2O2S. The van der Waals surface area contributed by atoms with E-state index in [9.17, 15) is 9.59 Å². The van der Waals surface area contributed by atoms with Crippen LogP contribution in [0, 0.1) is 12.8 Å². The van der Waals surface area contributed by atoms with Gasteiger partial charge in [0.15, 0.2) is 0 Å². The minimum atomic E-state index is -0.526. The van der Waals surface area contributed by atoms with Crippen LogP contribution >= 0.6 is 23.4 Å². The molecule has 0 spiro atoms. The lowest BCUT2D eigenvalue weighted by Crippen LogP contribution is -2.50. The van der Waals surface area contributed by atoms with Crippen LogP contribution in [0.3, 0.4) is 0 Å². The van der Waals surface area contributed by atoms with Crippen molar-refractivity contribution in [1.29, 1.82) is 0 Å². The van der Waals surface area contributed by atoms with Crippen molar-refractivity contribution in [2.24, 2.45) is 5.92 Å². The molecule has 0 heterocycles. The predicted molar refractivity (Wildman–Crippen MR) is 131 cm³/mol. The first kappa shape index (κ1) is 25.3. The Bertz CT molecular complexity index is 872. The molecule has 6 heteroatoms. The van der Waals surface area contributed by atoms with E-state index >= 15 is 0 Å². The smallest absolute Gasteiger partial charge is 0.242 e. The number of carbonyl (C=O) groups excluding carboxylic acids is 2. The second-order valence-corrected chi connectivity index (χ2v) is 9.49. The van der Waals surface area contributed by atoms with E-state index in [0.717, 1.165) is 11.3 Å². The number of thioether (sulfide) groups is 1. The summed E-state index contributed by atoms with van der Waals surface area (Å²) in [5.41, 5.74) is 3.28. The van der Waals surface area contributed by atoms with Crippen LogP contribution in [0.5, 0.6) is 0 Å². The Labute approximate surface area is 195 Å². The van der Waals surface area contributed by atoms with Crippen LogP contribution in [0.15, 0.2) is 48.5 Å². The number of nitrogens with zero attached hydrogens (tertiary/aromatic N) is 1. The Balaban J connectivity index is 2.14. The third-order valence-corrected chi connectivity index (χ3v) is 6.45. The third-order valence-electron chi connectivity index (χ3n) is 5.11. The van der Waals surface area contributed by atoms with Crippen molar-refractivity contribution in [3.63, 3.8) is 0 Å². The Kier molecular flexibility index (Phi) is 10.4. The van der Waals surface area contributed by atoms with Gasteiger partial charge >= 0.3 is 0 Å². The fourth-order valence-corrected chi connectivity index (χ4v) is 4.44. The van der Waals surface area contributed by atoms with E-state index in [-0.39, 0.29) is 11.8 Å². The van der Waals surface area contributed by atoms with E-state index in [1.54, 1.807) is 16.7 Å². The highest BCUT2D eigenvalue weighted by molar-refractivity contribution is 7.99. The third kappa shape index (κ3) is 7.89. The summed E-state index contributed by atoms with van der Waals surface area (Å²) in [5.74, 6) is 1.26. The Morgan fingerprint density at radius 3 is 2.32 bits per heavy atom. The van der Waals surface area contributed by atoms with Crippen LogP contribution in [-0.4, -0.2) is 35.1 Å². The van der Waals surface area contributed by atoms with Crippen LogP contribution in [-0.2, 0) is 21.9 Å². The number of carbonyl (C=O) groups is 2. The van der Waals surface area contributed by atoms with Gasteiger partial charge in [-0.15, -0.1) is 11.8 Å². The molecule has 0 bridgehead atoms. The number of halogens is 1. The molecule has 0 aliphatic carbocycles. The summed E-state index contributed by atoms with van der Waals surface area (Å²) in [7, 11) is 0. The average Bonchev–Trinajstić information content (AvgIpc) is 2.74. The summed E-state index contributed by atoms with van der Waals surface area (Å²) in [5, 5.41) is 3.59. The number of aryl methyl sites for hydroxylation is 1. The Hall–Kier alpha value is -1.98.